The van der Waals surface area contributed by atoms with Crippen molar-refractivity contribution >= 4 is 39.7 Å². The van der Waals surface area contributed by atoms with Crippen molar-refractivity contribution < 1.29 is 13.2 Å². The molecule has 0 saturated heterocycles. The molecule has 23 heavy (non-hydrogen) atoms. The molecule has 1 aromatic heterocycles. The van der Waals surface area contributed by atoms with Crippen molar-refractivity contribution in [3.8, 4) is 0 Å². The van der Waals surface area contributed by atoms with E-state index < -0.39 is 10.0 Å². The SMILES string of the molecule is CNS(=O)(=O)c1ccc(CNC(=O)C2C3CCC(C3)C2N)s1.Cl. The maximum atomic E-state index is 12.4. The summed E-state index contributed by atoms with van der Waals surface area (Å²) in [6, 6.07) is 3.26. The van der Waals surface area contributed by atoms with E-state index in [2.05, 4.69) is 10.0 Å². The standard InChI is InChI=1S/C14H21N3O3S2.ClH/c1-16-22(19,20)11-5-4-10(21-11)7-17-14(18)12-8-2-3-9(6-8)13(12)15;/h4-5,8-9,12-13,16H,2-3,6-7,15H2,1H3,(H,17,18);1H. The number of nitrogens with two attached hydrogens (primary N) is 1. The van der Waals surface area contributed by atoms with Crippen molar-refractivity contribution in [2.75, 3.05) is 7.05 Å². The van der Waals surface area contributed by atoms with E-state index in [0.29, 0.717) is 18.4 Å². The lowest BCUT2D eigenvalue weighted by Gasteiger charge is -2.26. The van der Waals surface area contributed by atoms with Gasteiger partial charge in [0.2, 0.25) is 15.9 Å². The third-order valence-electron chi connectivity index (χ3n) is 4.89. The molecule has 9 heteroatoms. The van der Waals surface area contributed by atoms with Crippen molar-refractivity contribution in [2.24, 2.45) is 23.5 Å². The van der Waals surface area contributed by atoms with E-state index >= 15 is 0 Å². The largest absolute Gasteiger partial charge is 0.351 e. The van der Waals surface area contributed by atoms with Gasteiger partial charge in [-0.2, -0.15) is 0 Å². The van der Waals surface area contributed by atoms with Crippen LogP contribution in [-0.4, -0.2) is 27.4 Å². The molecule has 6 nitrogen and oxygen atoms in total. The van der Waals surface area contributed by atoms with Crippen LogP contribution >= 0.6 is 23.7 Å². The molecule has 130 valence electrons. The molecule has 4 N–H and O–H groups in total. The van der Waals surface area contributed by atoms with Crippen LogP contribution in [0.15, 0.2) is 16.3 Å². The Morgan fingerprint density at radius 3 is 2.65 bits per heavy atom. The topological polar surface area (TPSA) is 101 Å². The normalized spacial score (nSPS) is 29.3. The monoisotopic (exact) mass is 379 g/mol. The molecule has 1 aromatic rings. The Hall–Kier alpha value is -0.670. The predicted molar refractivity (Wildman–Crippen MR) is 92.0 cm³/mol. The summed E-state index contributed by atoms with van der Waals surface area (Å²) < 4.78 is 25.9. The average Bonchev–Trinajstić information content (AvgIpc) is 3.20. The minimum atomic E-state index is -3.41. The minimum Gasteiger partial charge on any atom is -0.351 e. The lowest BCUT2D eigenvalue weighted by atomic mass is 9.84. The number of halogens is 1. The van der Waals surface area contributed by atoms with Crippen LogP contribution in [0.1, 0.15) is 24.1 Å². The van der Waals surface area contributed by atoms with Crippen LogP contribution in [0.3, 0.4) is 0 Å². The van der Waals surface area contributed by atoms with E-state index in [4.69, 9.17) is 5.73 Å². The summed E-state index contributed by atoms with van der Waals surface area (Å²) in [4.78, 5) is 13.2. The maximum absolute atomic E-state index is 12.4. The molecule has 2 fully saturated rings. The van der Waals surface area contributed by atoms with Gasteiger partial charge in [0.05, 0.1) is 12.5 Å². The number of hydrogen-bond donors (Lipinski definition) is 3. The average molecular weight is 380 g/mol. The summed E-state index contributed by atoms with van der Waals surface area (Å²) in [6.07, 6.45) is 3.31. The van der Waals surface area contributed by atoms with Crippen LogP contribution in [0.4, 0.5) is 0 Å². The van der Waals surface area contributed by atoms with Gasteiger partial charge in [0, 0.05) is 10.9 Å². The first kappa shape index (κ1) is 18.7. The quantitative estimate of drug-likeness (QED) is 0.712. The fourth-order valence-electron chi connectivity index (χ4n) is 3.72. The second-order valence-corrected chi connectivity index (χ2v) is 9.36. The van der Waals surface area contributed by atoms with E-state index in [1.165, 1.54) is 18.4 Å². The Kier molecular flexibility index (Phi) is 5.73. The predicted octanol–water partition coefficient (Wildman–Crippen LogP) is 1.07. The van der Waals surface area contributed by atoms with E-state index in [0.717, 1.165) is 24.1 Å². The van der Waals surface area contributed by atoms with Gasteiger partial charge in [-0.05, 0) is 50.3 Å². The molecule has 0 spiro atoms. The van der Waals surface area contributed by atoms with Crippen molar-refractivity contribution in [3.05, 3.63) is 17.0 Å². The van der Waals surface area contributed by atoms with Gasteiger partial charge in [-0.25, -0.2) is 13.1 Å². The minimum absolute atomic E-state index is 0. The number of carbonyl (C=O) groups is 1. The molecule has 4 unspecified atom stereocenters. The first-order valence-corrected chi connectivity index (χ1v) is 9.78. The van der Waals surface area contributed by atoms with Gasteiger partial charge in [0.1, 0.15) is 4.21 Å². The molecule has 0 aromatic carbocycles. The van der Waals surface area contributed by atoms with Crippen LogP contribution in [0.25, 0.3) is 0 Å². The van der Waals surface area contributed by atoms with Crippen LogP contribution in [-0.2, 0) is 21.4 Å². The van der Waals surface area contributed by atoms with Crippen LogP contribution < -0.4 is 15.8 Å². The number of fused-ring (bicyclic) bond motifs is 2. The fraction of sp³-hybridized carbons (Fsp3) is 0.643. The zero-order chi connectivity index (χ0) is 15.9. The Labute approximate surface area is 146 Å². The zero-order valence-electron chi connectivity index (χ0n) is 12.8. The van der Waals surface area contributed by atoms with Crippen LogP contribution in [0.5, 0.6) is 0 Å². The Morgan fingerprint density at radius 1 is 1.35 bits per heavy atom. The number of hydrogen-bond acceptors (Lipinski definition) is 5. The lowest BCUT2D eigenvalue weighted by molar-refractivity contribution is -0.127. The summed E-state index contributed by atoms with van der Waals surface area (Å²) in [7, 11) is -2.03. The highest BCUT2D eigenvalue weighted by atomic mass is 35.5. The number of amides is 1. The molecule has 1 heterocycles. The van der Waals surface area contributed by atoms with E-state index in [1.807, 2.05) is 0 Å². The lowest BCUT2D eigenvalue weighted by Crippen LogP contribution is -2.45. The van der Waals surface area contributed by atoms with E-state index in [-0.39, 0.29) is 34.5 Å². The van der Waals surface area contributed by atoms with Crippen LogP contribution in [0, 0.1) is 17.8 Å². The highest BCUT2D eigenvalue weighted by Gasteiger charge is 2.48. The molecule has 0 radical (unpaired) electrons. The van der Waals surface area contributed by atoms with Crippen molar-refractivity contribution in [1.82, 2.24) is 10.0 Å². The first-order chi connectivity index (χ1) is 10.4. The Morgan fingerprint density at radius 2 is 2.04 bits per heavy atom. The highest BCUT2D eigenvalue weighted by Crippen LogP contribution is 2.47. The first-order valence-electron chi connectivity index (χ1n) is 7.48. The molecule has 2 aliphatic rings. The van der Waals surface area contributed by atoms with Crippen molar-refractivity contribution in [1.29, 1.82) is 0 Å². The summed E-state index contributed by atoms with van der Waals surface area (Å²) in [5.41, 5.74) is 6.17. The third kappa shape index (κ3) is 3.56. The number of rotatable bonds is 5. The molecule has 0 aliphatic heterocycles. The van der Waals surface area contributed by atoms with Crippen LogP contribution in [0.2, 0.25) is 0 Å². The van der Waals surface area contributed by atoms with Gasteiger partial charge in [-0.3, -0.25) is 4.79 Å². The second kappa shape index (κ2) is 7.06. The summed E-state index contributed by atoms with van der Waals surface area (Å²) in [5.74, 6) is 0.837. The number of thiophene rings is 1. The smallest absolute Gasteiger partial charge is 0.249 e. The Balaban J connectivity index is 0.00000192. The summed E-state index contributed by atoms with van der Waals surface area (Å²) in [6.45, 7) is 0.351. The third-order valence-corrected chi connectivity index (χ3v) is 7.88. The molecule has 2 aliphatic carbocycles. The number of carbonyl (C=O) groups excluding carboxylic acids is 1. The molecular weight excluding hydrogens is 358 g/mol. The summed E-state index contributed by atoms with van der Waals surface area (Å²) >= 11 is 1.17. The molecule has 3 rings (SSSR count). The number of nitrogens with one attached hydrogen (secondary N) is 2. The van der Waals surface area contributed by atoms with E-state index in [1.54, 1.807) is 12.1 Å². The van der Waals surface area contributed by atoms with Gasteiger partial charge in [-0.1, -0.05) is 0 Å². The zero-order valence-corrected chi connectivity index (χ0v) is 15.3. The Bertz CT molecular complexity index is 675. The van der Waals surface area contributed by atoms with Gasteiger partial charge in [0.15, 0.2) is 0 Å². The fourth-order valence-corrected chi connectivity index (χ4v) is 5.85. The van der Waals surface area contributed by atoms with E-state index in [9.17, 15) is 13.2 Å². The van der Waals surface area contributed by atoms with Crippen molar-refractivity contribution in [2.45, 2.75) is 36.1 Å². The van der Waals surface area contributed by atoms with Gasteiger partial charge in [0.25, 0.3) is 0 Å². The van der Waals surface area contributed by atoms with Gasteiger partial charge in [-0.15, -0.1) is 23.7 Å². The molecular formula is C14H22ClN3O3S2. The molecule has 1 amide bonds. The van der Waals surface area contributed by atoms with Gasteiger partial charge >= 0.3 is 0 Å². The van der Waals surface area contributed by atoms with Gasteiger partial charge < -0.3 is 11.1 Å². The highest BCUT2D eigenvalue weighted by molar-refractivity contribution is 7.91. The number of sulfonamides is 1. The van der Waals surface area contributed by atoms with Crippen molar-refractivity contribution in [3.63, 3.8) is 0 Å². The summed E-state index contributed by atoms with van der Waals surface area (Å²) in [5, 5.41) is 2.92. The maximum Gasteiger partial charge on any atom is 0.249 e. The second-order valence-electron chi connectivity index (χ2n) is 6.08. The molecule has 2 saturated carbocycles. The molecule has 2 bridgehead atoms. The molecule has 4 atom stereocenters.